The molecule has 0 bridgehead atoms. The van der Waals surface area contributed by atoms with E-state index in [1.165, 1.54) is 6.07 Å². The molecule has 0 aromatic heterocycles. The monoisotopic (exact) mass is 172 g/mol. The van der Waals surface area contributed by atoms with Crippen LogP contribution >= 0.6 is 0 Å². The number of benzene rings is 1. The second-order valence-electron chi connectivity index (χ2n) is 1.79. The van der Waals surface area contributed by atoms with Crippen LogP contribution in [0.4, 0.5) is 8.78 Å². The van der Waals surface area contributed by atoms with Crippen molar-refractivity contribution in [2.75, 3.05) is 0 Å². The van der Waals surface area contributed by atoms with Crippen LogP contribution < -0.4 is 3.79 Å². The molecule has 0 N–H and O–H groups in total. The van der Waals surface area contributed by atoms with Gasteiger partial charge in [-0.15, -0.1) is 0 Å². The van der Waals surface area contributed by atoms with Gasteiger partial charge >= 0.3 is 67.4 Å². The minimum absolute atomic E-state index is 0.0777. The van der Waals surface area contributed by atoms with Crippen LogP contribution in [0.15, 0.2) is 18.2 Å². The summed E-state index contributed by atoms with van der Waals surface area (Å²) in [7, 11) is 0. The molecular formula is C6H3AlF2O2. The Hall–Kier alpha value is -0.788. The van der Waals surface area contributed by atoms with Gasteiger partial charge < -0.3 is 0 Å². The Bertz CT molecular complexity index is 277. The first-order valence-corrected chi connectivity index (χ1v) is 3.73. The zero-order chi connectivity index (χ0) is 8.27. The summed E-state index contributed by atoms with van der Waals surface area (Å²) in [5.41, 5.74) is 0. The molecule has 0 aliphatic rings. The molecule has 56 valence electrons. The third-order valence-electron chi connectivity index (χ3n) is 1.08. The van der Waals surface area contributed by atoms with Crippen molar-refractivity contribution < 1.29 is 16.4 Å². The van der Waals surface area contributed by atoms with Crippen LogP contribution in [0.25, 0.3) is 0 Å². The first-order valence-electron chi connectivity index (χ1n) is 2.79. The van der Waals surface area contributed by atoms with E-state index >= 15 is 0 Å². The number of hydrogen-bond acceptors (Lipinski definition) is 2. The van der Waals surface area contributed by atoms with E-state index in [-0.39, 0.29) is 5.75 Å². The Labute approximate surface area is 68.0 Å². The summed E-state index contributed by atoms with van der Waals surface area (Å²) in [5.74, 6) is -1.87. The predicted molar refractivity (Wildman–Crippen MR) is 33.4 cm³/mol. The first-order chi connectivity index (χ1) is 5.24. The van der Waals surface area contributed by atoms with Crippen LogP contribution in [0.5, 0.6) is 5.75 Å². The van der Waals surface area contributed by atoms with Crippen LogP contribution in [0, 0.1) is 11.6 Å². The Kier molecular flexibility index (Phi) is 2.69. The van der Waals surface area contributed by atoms with Gasteiger partial charge in [0.25, 0.3) is 0 Å². The van der Waals surface area contributed by atoms with Crippen molar-refractivity contribution in [3.63, 3.8) is 0 Å². The fourth-order valence-electron chi connectivity index (χ4n) is 0.606. The first kappa shape index (κ1) is 8.31. The minimum atomic E-state index is -1.43. The van der Waals surface area contributed by atoms with Gasteiger partial charge in [-0.05, 0) is 0 Å². The van der Waals surface area contributed by atoms with E-state index in [4.69, 9.17) is 0 Å². The molecule has 0 unspecified atom stereocenters. The van der Waals surface area contributed by atoms with Crippen molar-refractivity contribution >= 4 is 15.5 Å². The van der Waals surface area contributed by atoms with E-state index in [0.29, 0.717) is 0 Å². The van der Waals surface area contributed by atoms with Gasteiger partial charge in [-0.25, -0.2) is 0 Å². The summed E-state index contributed by atoms with van der Waals surface area (Å²) < 4.78 is 39.0. The quantitative estimate of drug-likeness (QED) is 0.628. The van der Waals surface area contributed by atoms with Gasteiger partial charge in [-0.2, -0.15) is 0 Å². The number of rotatable bonds is 2. The van der Waals surface area contributed by atoms with Crippen LogP contribution in [0.1, 0.15) is 0 Å². The zero-order valence-electron chi connectivity index (χ0n) is 5.38. The molecular weight excluding hydrogens is 169 g/mol. The second kappa shape index (κ2) is 3.56. The van der Waals surface area contributed by atoms with Gasteiger partial charge in [0.05, 0.1) is 0 Å². The van der Waals surface area contributed by atoms with Crippen molar-refractivity contribution in [2.24, 2.45) is 0 Å². The molecule has 1 aromatic carbocycles. The van der Waals surface area contributed by atoms with Crippen LogP contribution in [-0.4, -0.2) is 15.5 Å². The summed E-state index contributed by atoms with van der Waals surface area (Å²) in [4.78, 5) is 0. The zero-order valence-corrected chi connectivity index (χ0v) is 6.54. The molecule has 0 spiro atoms. The Morgan fingerprint density at radius 1 is 1.27 bits per heavy atom. The summed E-state index contributed by atoms with van der Waals surface area (Å²) in [5, 5.41) is 0. The molecule has 0 saturated carbocycles. The molecule has 1 rings (SSSR count). The Balaban J connectivity index is 2.95. The van der Waals surface area contributed by atoms with E-state index in [1.54, 1.807) is 0 Å². The molecule has 5 heteroatoms. The van der Waals surface area contributed by atoms with E-state index in [2.05, 4.69) is 3.79 Å². The van der Waals surface area contributed by atoms with E-state index in [0.717, 1.165) is 12.1 Å². The third-order valence-corrected chi connectivity index (χ3v) is 1.44. The molecule has 2 nitrogen and oxygen atoms in total. The fourth-order valence-corrected chi connectivity index (χ4v) is 0.863. The maximum absolute atomic E-state index is 12.4. The summed E-state index contributed by atoms with van der Waals surface area (Å²) in [6, 6.07) is 2.98. The van der Waals surface area contributed by atoms with Gasteiger partial charge in [0, 0.05) is 0 Å². The molecule has 1 aromatic rings. The van der Waals surface area contributed by atoms with Crippen molar-refractivity contribution in [2.45, 2.75) is 0 Å². The van der Waals surface area contributed by atoms with Crippen LogP contribution in [0.2, 0.25) is 0 Å². The molecule has 0 radical (unpaired) electrons. The van der Waals surface area contributed by atoms with E-state index in [1.807, 2.05) is 0 Å². The molecule has 0 amide bonds. The topological polar surface area (TPSA) is 26.3 Å². The molecule has 0 atom stereocenters. The van der Waals surface area contributed by atoms with Gasteiger partial charge in [0.15, 0.2) is 0 Å². The van der Waals surface area contributed by atoms with E-state index < -0.39 is 27.1 Å². The van der Waals surface area contributed by atoms with Crippen molar-refractivity contribution in [1.82, 2.24) is 0 Å². The molecule has 11 heavy (non-hydrogen) atoms. The van der Waals surface area contributed by atoms with Crippen LogP contribution in [0.3, 0.4) is 0 Å². The Morgan fingerprint density at radius 2 is 2.00 bits per heavy atom. The third kappa shape index (κ3) is 2.07. The molecule has 0 saturated heterocycles. The van der Waals surface area contributed by atoms with Crippen LogP contribution in [-0.2, 0) is 3.80 Å². The standard InChI is InChI=1S/C6H4F2O.Al.O/c7-5-2-1-4(9)3-6(5)8;;/h1-3,9H;;/q;+1;/p-1. The number of hydrogen-bond donors (Lipinski definition) is 0. The average Bonchev–Trinajstić information content (AvgIpc) is 1.98. The average molecular weight is 172 g/mol. The SMILES string of the molecule is [O]=[Al][O]c1ccc(F)c(F)c1. The maximum atomic E-state index is 12.4. The number of halogens is 2. The summed E-state index contributed by atoms with van der Waals surface area (Å²) in [6.07, 6.45) is 0. The second-order valence-corrected chi connectivity index (χ2v) is 2.22. The van der Waals surface area contributed by atoms with E-state index in [9.17, 15) is 12.6 Å². The van der Waals surface area contributed by atoms with Gasteiger partial charge in [0.1, 0.15) is 0 Å². The van der Waals surface area contributed by atoms with Crippen molar-refractivity contribution in [3.8, 4) is 5.75 Å². The molecule has 0 heterocycles. The Morgan fingerprint density at radius 3 is 2.55 bits per heavy atom. The van der Waals surface area contributed by atoms with Crippen molar-refractivity contribution in [3.05, 3.63) is 29.8 Å². The van der Waals surface area contributed by atoms with Gasteiger partial charge in [-0.3, -0.25) is 0 Å². The summed E-state index contributed by atoms with van der Waals surface area (Å²) in [6.45, 7) is 0. The molecule has 0 fully saturated rings. The normalized spacial score (nSPS) is 8.91. The summed E-state index contributed by atoms with van der Waals surface area (Å²) >= 11 is -1.43. The van der Waals surface area contributed by atoms with Gasteiger partial charge in [0.2, 0.25) is 0 Å². The fraction of sp³-hybridized carbons (Fsp3) is 0. The van der Waals surface area contributed by atoms with Crippen molar-refractivity contribution in [1.29, 1.82) is 0 Å². The predicted octanol–water partition coefficient (Wildman–Crippen LogP) is 1.31. The molecule has 0 aliphatic heterocycles. The molecule has 0 aliphatic carbocycles. The van der Waals surface area contributed by atoms with Gasteiger partial charge in [-0.1, -0.05) is 0 Å².